The van der Waals surface area contributed by atoms with Crippen molar-refractivity contribution >= 4 is 17.2 Å². The Labute approximate surface area is 92.0 Å². The first-order chi connectivity index (χ1) is 6.57. The van der Waals surface area contributed by atoms with Crippen molar-refractivity contribution in [3.8, 4) is 0 Å². The highest BCUT2D eigenvalue weighted by molar-refractivity contribution is 7.80. The maximum Gasteiger partial charge on any atom is 0.0773 e. The molecular formula is C11H20N2S. The number of likely N-dealkylation sites (tertiary alicyclic amines) is 1. The number of thiocarbonyl (C=S) groups is 1. The summed E-state index contributed by atoms with van der Waals surface area (Å²) in [6.45, 7) is 7.07. The molecule has 80 valence electrons. The molecule has 2 rings (SSSR count). The molecule has 2 aliphatic rings. The third-order valence-corrected chi connectivity index (χ3v) is 3.57. The van der Waals surface area contributed by atoms with E-state index in [2.05, 4.69) is 24.1 Å². The fourth-order valence-corrected chi connectivity index (χ4v) is 3.19. The van der Waals surface area contributed by atoms with E-state index in [1.54, 1.807) is 0 Å². The van der Waals surface area contributed by atoms with Gasteiger partial charge in [0.05, 0.1) is 4.99 Å². The molecule has 2 aliphatic heterocycles. The molecule has 2 nitrogen and oxygen atoms in total. The maximum atomic E-state index is 5.33. The lowest BCUT2D eigenvalue weighted by atomic mass is 9.88. The zero-order valence-electron chi connectivity index (χ0n) is 9.18. The van der Waals surface area contributed by atoms with Crippen LogP contribution in [0.3, 0.4) is 0 Å². The molecule has 3 heteroatoms. The molecule has 0 radical (unpaired) electrons. The van der Waals surface area contributed by atoms with Gasteiger partial charge in [-0.15, -0.1) is 0 Å². The molecule has 0 bridgehead atoms. The molecule has 2 heterocycles. The monoisotopic (exact) mass is 212 g/mol. The van der Waals surface area contributed by atoms with Crippen LogP contribution in [-0.2, 0) is 0 Å². The summed E-state index contributed by atoms with van der Waals surface area (Å²) in [6.07, 6.45) is 5.04. The molecule has 0 amide bonds. The predicted octanol–water partition coefficient (Wildman–Crippen LogP) is 1.94. The average molecular weight is 212 g/mol. The van der Waals surface area contributed by atoms with E-state index in [4.69, 9.17) is 12.2 Å². The van der Waals surface area contributed by atoms with Crippen LogP contribution in [0.4, 0.5) is 0 Å². The maximum absolute atomic E-state index is 5.33. The van der Waals surface area contributed by atoms with E-state index in [1.165, 1.54) is 32.4 Å². The Kier molecular flexibility index (Phi) is 2.80. The van der Waals surface area contributed by atoms with Gasteiger partial charge in [0.1, 0.15) is 0 Å². The van der Waals surface area contributed by atoms with Crippen molar-refractivity contribution in [3.63, 3.8) is 0 Å². The van der Waals surface area contributed by atoms with Crippen molar-refractivity contribution in [2.75, 3.05) is 13.1 Å². The smallest absolute Gasteiger partial charge is 0.0773 e. The number of hydrogen-bond donors (Lipinski definition) is 1. The molecule has 0 aliphatic carbocycles. The van der Waals surface area contributed by atoms with Crippen LogP contribution >= 0.6 is 12.2 Å². The number of nitrogens with one attached hydrogen (secondary N) is 1. The fourth-order valence-electron chi connectivity index (χ4n) is 2.72. The molecule has 0 aromatic carbocycles. The van der Waals surface area contributed by atoms with Crippen LogP contribution in [0.2, 0.25) is 0 Å². The van der Waals surface area contributed by atoms with Gasteiger partial charge in [0.2, 0.25) is 0 Å². The number of rotatable bonds is 1. The van der Waals surface area contributed by atoms with E-state index in [0.717, 1.165) is 11.4 Å². The van der Waals surface area contributed by atoms with E-state index >= 15 is 0 Å². The molecule has 0 spiro atoms. The summed E-state index contributed by atoms with van der Waals surface area (Å²) in [6, 6.07) is 0.696. The normalized spacial score (nSPS) is 33.0. The second kappa shape index (κ2) is 3.78. The fraction of sp³-hybridized carbons (Fsp3) is 0.909. The highest BCUT2D eigenvalue weighted by atomic mass is 32.1. The van der Waals surface area contributed by atoms with E-state index in [0.29, 0.717) is 6.04 Å². The van der Waals surface area contributed by atoms with Gasteiger partial charge in [0.15, 0.2) is 0 Å². The number of hydrogen-bond acceptors (Lipinski definition) is 2. The van der Waals surface area contributed by atoms with Crippen LogP contribution in [0.1, 0.15) is 39.5 Å². The topological polar surface area (TPSA) is 15.3 Å². The van der Waals surface area contributed by atoms with Gasteiger partial charge >= 0.3 is 0 Å². The first-order valence-corrected chi connectivity index (χ1v) is 6.03. The standard InChI is InChI=1S/C11H20N2S/c1-11(2)8-9(7-10(14)12-11)13-5-3-4-6-13/h9H,3-8H2,1-2H3,(H,12,14). The lowest BCUT2D eigenvalue weighted by Gasteiger charge is -2.41. The molecule has 1 atom stereocenters. The number of piperidine rings is 1. The van der Waals surface area contributed by atoms with Gasteiger partial charge in [-0.05, 0) is 46.2 Å². The third kappa shape index (κ3) is 2.26. The summed E-state index contributed by atoms with van der Waals surface area (Å²) in [7, 11) is 0. The minimum atomic E-state index is 0.197. The van der Waals surface area contributed by atoms with Crippen LogP contribution in [0.15, 0.2) is 0 Å². The van der Waals surface area contributed by atoms with Gasteiger partial charge in [-0.1, -0.05) is 12.2 Å². The molecule has 0 aromatic heterocycles. The van der Waals surface area contributed by atoms with Gasteiger partial charge < -0.3 is 5.32 Å². The van der Waals surface area contributed by atoms with Crippen LogP contribution in [0.25, 0.3) is 0 Å². The van der Waals surface area contributed by atoms with Crippen molar-refractivity contribution in [1.29, 1.82) is 0 Å². The zero-order chi connectivity index (χ0) is 10.2. The van der Waals surface area contributed by atoms with Crippen LogP contribution in [0.5, 0.6) is 0 Å². The Hall–Kier alpha value is -0.150. The Morgan fingerprint density at radius 3 is 2.57 bits per heavy atom. The van der Waals surface area contributed by atoms with Gasteiger partial charge in [-0.3, -0.25) is 4.90 Å². The quantitative estimate of drug-likeness (QED) is 0.669. The molecule has 0 saturated carbocycles. The Bertz CT molecular complexity index is 231. The number of nitrogens with zero attached hydrogens (tertiary/aromatic N) is 1. The Morgan fingerprint density at radius 1 is 1.36 bits per heavy atom. The van der Waals surface area contributed by atoms with Gasteiger partial charge in [-0.2, -0.15) is 0 Å². The highest BCUT2D eigenvalue weighted by Crippen LogP contribution is 2.26. The predicted molar refractivity (Wildman–Crippen MR) is 63.6 cm³/mol. The summed E-state index contributed by atoms with van der Waals surface area (Å²) in [5.41, 5.74) is 0.197. The first kappa shape index (κ1) is 10.4. The molecule has 1 N–H and O–H groups in total. The summed E-state index contributed by atoms with van der Waals surface area (Å²) in [4.78, 5) is 3.67. The van der Waals surface area contributed by atoms with Gasteiger partial charge in [-0.25, -0.2) is 0 Å². The van der Waals surface area contributed by atoms with Gasteiger partial charge in [0, 0.05) is 18.0 Å². The lowest BCUT2D eigenvalue weighted by Crippen LogP contribution is -2.54. The molecular weight excluding hydrogens is 192 g/mol. The Balaban J connectivity index is 2.01. The second-order valence-electron chi connectivity index (χ2n) is 5.24. The SMILES string of the molecule is CC1(C)CC(N2CCCC2)CC(=S)N1. The zero-order valence-corrected chi connectivity index (χ0v) is 9.99. The van der Waals surface area contributed by atoms with Crippen LogP contribution < -0.4 is 5.32 Å². The molecule has 0 aromatic rings. The van der Waals surface area contributed by atoms with Crippen molar-refractivity contribution in [2.45, 2.75) is 51.1 Å². The summed E-state index contributed by atoms with van der Waals surface area (Å²) in [5.74, 6) is 0. The van der Waals surface area contributed by atoms with E-state index in [1.807, 2.05) is 0 Å². The minimum absolute atomic E-state index is 0.197. The van der Waals surface area contributed by atoms with Crippen molar-refractivity contribution < 1.29 is 0 Å². The van der Waals surface area contributed by atoms with E-state index < -0.39 is 0 Å². The largest absolute Gasteiger partial charge is 0.375 e. The lowest BCUT2D eigenvalue weighted by molar-refractivity contribution is 0.184. The molecule has 2 fully saturated rings. The molecule has 1 unspecified atom stereocenters. The third-order valence-electron chi connectivity index (χ3n) is 3.30. The summed E-state index contributed by atoms with van der Waals surface area (Å²) in [5, 5.41) is 3.41. The summed E-state index contributed by atoms with van der Waals surface area (Å²) < 4.78 is 0. The van der Waals surface area contributed by atoms with Crippen molar-refractivity contribution in [3.05, 3.63) is 0 Å². The minimum Gasteiger partial charge on any atom is -0.375 e. The molecule has 14 heavy (non-hydrogen) atoms. The molecule has 2 saturated heterocycles. The van der Waals surface area contributed by atoms with Crippen LogP contribution in [0, 0.1) is 0 Å². The second-order valence-corrected chi connectivity index (χ2v) is 5.73. The first-order valence-electron chi connectivity index (χ1n) is 5.62. The highest BCUT2D eigenvalue weighted by Gasteiger charge is 2.34. The van der Waals surface area contributed by atoms with Crippen molar-refractivity contribution in [1.82, 2.24) is 10.2 Å². The van der Waals surface area contributed by atoms with Crippen LogP contribution in [-0.4, -0.2) is 34.6 Å². The average Bonchev–Trinajstić information content (AvgIpc) is 2.51. The summed E-state index contributed by atoms with van der Waals surface area (Å²) >= 11 is 5.33. The van der Waals surface area contributed by atoms with E-state index in [9.17, 15) is 0 Å². The van der Waals surface area contributed by atoms with Gasteiger partial charge in [0.25, 0.3) is 0 Å². The Morgan fingerprint density at radius 2 is 2.00 bits per heavy atom. The van der Waals surface area contributed by atoms with E-state index in [-0.39, 0.29) is 5.54 Å². The van der Waals surface area contributed by atoms with Crippen molar-refractivity contribution in [2.24, 2.45) is 0 Å².